The second-order valence-corrected chi connectivity index (χ2v) is 5.66. The standard InChI is InChI=1S/C13H13ClN2O2S/c1-18-13(17)10-6-8(15)2-4-11(10)16-7-9-3-5-12(14)19-9/h2-6,16H,7,15H2,1H3. The first-order valence-electron chi connectivity index (χ1n) is 5.56. The third kappa shape index (κ3) is 3.39. The third-order valence-electron chi connectivity index (χ3n) is 2.53. The van der Waals surface area contributed by atoms with Crippen LogP contribution in [0.3, 0.4) is 0 Å². The number of halogens is 1. The molecule has 0 aliphatic heterocycles. The molecule has 0 amide bonds. The Morgan fingerprint density at radius 3 is 2.84 bits per heavy atom. The summed E-state index contributed by atoms with van der Waals surface area (Å²) >= 11 is 7.36. The van der Waals surface area contributed by atoms with Crippen LogP contribution in [0, 0.1) is 0 Å². The monoisotopic (exact) mass is 296 g/mol. The van der Waals surface area contributed by atoms with Crippen LogP contribution in [0.1, 0.15) is 15.2 Å². The van der Waals surface area contributed by atoms with Crippen LogP contribution in [0.15, 0.2) is 30.3 Å². The predicted octanol–water partition coefficient (Wildman–Crippen LogP) is 3.38. The number of anilines is 2. The summed E-state index contributed by atoms with van der Waals surface area (Å²) in [6.45, 7) is 0.589. The van der Waals surface area contributed by atoms with Gasteiger partial charge in [0.2, 0.25) is 0 Å². The first-order valence-corrected chi connectivity index (χ1v) is 6.75. The third-order valence-corrected chi connectivity index (χ3v) is 3.76. The summed E-state index contributed by atoms with van der Waals surface area (Å²) in [6.07, 6.45) is 0. The normalized spacial score (nSPS) is 10.2. The zero-order valence-corrected chi connectivity index (χ0v) is 11.8. The van der Waals surface area contributed by atoms with E-state index in [0.717, 1.165) is 9.21 Å². The van der Waals surface area contributed by atoms with E-state index in [-0.39, 0.29) is 0 Å². The number of ether oxygens (including phenoxy) is 1. The van der Waals surface area contributed by atoms with Crippen LogP contribution in [0.5, 0.6) is 0 Å². The lowest BCUT2D eigenvalue weighted by Gasteiger charge is -2.10. The van der Waals surface area contributed by atoms with Gasteiger partial charge < -0.3 is 15.8 Å². The molecule has 0 fully saturated rings. The molecule has 0 bridgehead atoms. The van der Waals surface area contributed by atoms with Gasteiger partial charge in [0, 0.05) is 22.8 Å². The molecule has 19 heavy (non-hydrogen) atoms. The van der Waals surface area contributed by atoms with Gasteiger partial charge in [0.25, 0.3) is 0 Å². The second-order valence-electron chi connectivity index (χ2n) is 3.86. The molecule has 0 saturated heterocycles. The highest BCUT2D eigenvalue weighted by Gasteiger charge is 2.12. The maximum Gasteiger partial charge on any atom is 0.340 e. The van der Waals surface area contributed by atoms with E-state index in [1.54, 1.807) is 18.2 Å². The van der Waals surface area contributed by atoms with E-state index in [0.29, 0.717) is 23.5 Å². The lowest BCUT2D eigenvalue weighted by Crippen LogP contribution is -2.08. The Morgan fingerprint density at radius 2 is 2.21 bits per heavy atom. The molecule has 1 aromatic heterocycles. The SMILES string of the molecule is COC(=O)c1cc(N)ccc1NCc1ccc(Cl)s1. The molecule has 0 atom stereocenters. The molecule has 2 rings (SSSR count). The summed E-state index contributed by atoms with van der Waals surface area (Å²) in [5.41, 5.74) is 7.31. The maximum absolute atomic E-state index is 11.7. The van der Waals surface area contributed by atoms with E-state index in [9.17, 15) is 4.79 Å². The van der Waals surface area contributed by atoms with Gasteiger partial charge in [-0.2, -0.15) is 0 Å². The number of hydrogen-bond acceptors (Lipinski definition) is 5. The molecule has 1 aromatic carbocycles. The molecule has 0 radical (unpaired) electrons. The number of carbonyl (C=O) groups excluding carboxylic acids is 1. The van der Waals surface area contributed by atoms with Crippen molar-refractivity contribution >= 4 is 40.3 Å². The average Bonchev–Trinajstić information content (AvgIpc) is 2.82. The molecule has 100 valence electrons. The molecule has 2 aromatic rings. The number of nitrogens with one attached hydrogen (secondary N) is 1. The summed E-state index contributed by atoms with van der Waals surface area (Å²) in [5, 5.41) is 3.18. The fourth-order valence-corrected chi connectivity index (χ4v) is 2.65. The minimum Gasteiger partial charge on any atom is -0.465 e. The predicted molar refractivity (Wildman–Crippen MR) is 78.8 cm³/mol. The van der Waals surface area contributed by atoms with Crippen molar-refractivity contribution in [3.63, 3.8) is 0 Å². The van der Waals surface area contributed by atoms with E-state index in [2.05, 4.69) is 5.32 Å². The molecule has 0 aliphatic carbocycles. The van der Waals surface area contributed by atoms with Crippen molar-refractivity contribution in [2.24, 2.45) is 0 Å². The Bertz CT molecular complexity index is 598. The average molecular weight is 297 g/mol. The molecule has 3 N–H and O–H groups in total. The molecule has 0 saturated carbocycles. The Hall–Kier alpha value is -1.72. The van der Waals surface area contributed by atoms with E-state index >= 15 is 0 Å². The molecule has 6 heteroatoms. The first kappa shape index (κ1) is 13.7. The highest BCUT2D eigenvalue weighted by atomic mass is 35.5. The number of rotatable bonds is 4. The van der Waals surface area contributed by atoms with Gasteiger partial charge in [0.1, 0.15) is 0 Å². The van der Waals surface area contributed by atoms with E-state index in [1.807, 2.05) is 12.1 Å². The molecule has 0 aliphatic rings. The van der Waals surface area contributed by atoms with Crippen LogP contribution < -0.4 is 11.1 Å². The molecule has 0 unspecified atom stereocenters. The van der Waals surface area contributed by atoms with E-state index in [4.69, 9.17) is 22.1 Å². The number of hydrogen-bond donors (Lipinski definition) is 2. The number of benzene rings is 1. The molecule has 4 nitrogen and oxygen atoms in total. The Labute approximate surface area is 120 Å². The van der Waals surface area contributed by atoms with Gasteiger partial charge in [0.15, 0.2) is 0 Å². The zero-order valence-electron chi connectivity index (χ0n) is 10.3. The van der Waals surface area contributed by atoms with Gasteiger partial charge in [-0.25, -0.2) is 4.79 Å². The lowest BCUT2D eigenvalue weighted by atomic mass is 10.1. The van der Waals surface area contributed by atoms with Crippen LogP contribution in [0.4, 0.5) is 11.4 Å². The molecule has 1 heterocycles. The Balaban J connectivity index is 2.17. The van der Waals surface area contributed by atoms with Gasteiger partial charge in [-0.05, 0) is 30.3 Å². The van der Waals surface area contributed by atoms with Crippen molar-refractivity contribution in [3.8, 4) is 0 Å². The minimum absolute atomic E-state index is 0.418. The molecular weight excluding hydrogens is 284 g/mol. The van der Waals surface area contributed by atoms with Gasteiger partial charge in [-0.3, -0.25) is 0 Å². The van der Waals surface area contributed by atoms with E-state index < -0.39 is 5.97 Å². The maximum atomic E-state index is 11.7. The van der Waals surface area contributed by atoms with Crippen molar-refractivity contribution in [1.29, 1.82) is 0 Å². The summed E-state index contributed by atoms with van der Waals surface area (Å²) in [6, 6.07) is 8.87. The Morgan fingerprint density at radius 1 is 1.42 bits per heavy atom. The van der Waals surface area contributed by atoms with Crippen LogP contribution >= 0.6 is 22.9 Å². The Kier molecular flexibility index (Phi) is 4.29. The topological polar surface area (TPSA) is 64.3 Å². The lowest BCUT2D eigenvalue weighted by molar-refractivity contribution is 0.0602. The number of methoxy groups -OCH3 is 1. The minimum atomic E-state index is -0.418. The number of nitrogens with two attached hydrogens (primary N) is 1. The quantitative estimate of drug-likeness (QED) is 0.670. The van der Waals surface area contributed by atoms with Gasteiger partial charge in [-0.15, -0.1) is 11.3 Å². The van der Waals surface area contributed by atoms with Crippen LogP contribution in [0.2, 0.25) is 4.34 Å². The van der Waals surface area contributed by atoms with Gasteiger partial charge in [0.05, 0.1) is 17.0 Å². The van der Waals surface area contributed by atoms with Crippen molar-refractivity contribution in [1.82, 2.24) is 0 Å². The number of thiophene rings is 1. The highest BCUT2D eigenvalue weighted by molar-refractivity contribution is 7.16. The summed E-state index contributed by atoms with van der Waals surface area (Å²) < 4.78 is 5.47. The van der Waals surface area contributed by atoms with Crippen molar-refractivity contribution in [2.45, 2.75) is 6.54 Å². The molecular formula is C13H13ClN2O2S. The molecule has 0 spiro atoms. The smallest absolute Gasteiger partial charge is 0.340 e. The summed E-state index contributed by atoms with van der Waals surface area (Å²) in [7, 11) is 1.34. The van der Waals surface area contributed by atoms with Crippen LogP contribution in [0.25, 0.3) is 0 Å². The first-order chi connectivity index (χ1) is 9.10. The van der Waals surface area contributed by atoms with E-state index in [1.165, 1.54) is 18.4 Å². The fourth-order valence-electron chi connectivity index (χ4n) is 1.62. The highest BCUT2D eigenvalue weighted by Crippen LogP contribution is 2.24. The zero-order chi connectivity index (χ0) is 13.8. The summed E-state index contributed by atoms with van der Waals surface area (Å²) in [5.74, 6) is -0.418. The van der Waals surface area contributed by atoms with Crippen LogP contribution in [-0.4, -0.2) is 13.1 Å². The van der Waals surface area contributed by atoms with Crippen molar-refractivity contribution < 1.29 is 9.53 Å². The number of carbonyl (C=O) groups is 1. The van der Waals surface area contributed by atoms with Crippen LogP contribution in [-0.2, 0) is 11.3 Å². The van der Waals surface area contributed by atoms with Gasteiger partial charge in [-0.1, -0.05) is 11.6 Å². The number of nitrogen functional groups attached to an aromatic ring is 1. The fraction of sp³-hybridized carbons (Fsp3) is 0.154. The van der Waals surface area contributed by atoms with Crippen molar-refractivity contribution in [3.05, 3.63) is 45.1 Å². The van der Waals surface area contributed by atoms with Crippen molar-refractivity contribution in [2.75, 3.05) is 18.2 Å². The largest absolute Gasteiger partial charge is 0.465 e. The second kappa shape index (κ2) is 5.95. The van der Waals surface area contributed by atoms with Gasteiger partial charge >= 0.3 is 5.97 Å². The summed E-state index contributed by atoms with van der Waals surface area (Å²) in [4.78, 5) is 12.7. The number of esters is 1.